The molecule has 0 bridgehead atoms. The summed E-state index contributed by atoms with van der Waals surface area (Å²) in [4.78, 5) is 31.2. The second kappa shape index (κ2) is 10.2. The van der Waals surface area contributed by atoms with Gasteiger partial charge in [0.1, 0.15) is 5.69 Å². The monoisotopic (exact) mass is 422 g/mol. The SMILES string of the molecule is CN(C)CCC(NC(=O)Nc1cc[nH]n1)c1ccc(C(=O)Nc2ccccc2N)nc1. The summed E-state index contributed by atoms with van der Waals surface area (Å²) in [5, 5.41) is 14.9. The van der Waals surface area contributed by atoms with Crippen LogP contribution >= 0.6 is 0 Å². The number of aromatic amines is 1. The maximum atomic E-state index is 12.5. The Kier molecular flexibility index (Phi) is 7.17. The van der Waals surface area contributed by atoms with Gasteiger partial charge in [-0.25, -0.2) is 4.79 Å². The molecule has 6 N–H and O–H groups in total. The Labute approximate surface area is 180 Å². The van der Waals surface area contributed by atoms with Crippen molar-refractivity contribution in [2.75, 3.05) is 37.0 Å². The summed E-state index contributed by atoms with van der Waals surface area (Å²) >= 11 is 0. The normalized spacial score (nSPS) is 11.7. The van der Waals surface area contributed by atoms with Crippen molar-refractivity contribution >= 4 is 29.1 Å². The molecule has 31 heavy (non-hydrogen) atoms. The summed E-state index contributed by atoms with van der Waals surface area (Å²) < 4.78 is 0. The van der Waals surface area contributed by atoms with Gasteiger partial charge >= 0.3 is 6.03 Å². The molecule has 2 aromatic heterocycles. The van der Waals surface area contributed by atoms with Crippen LogP contribution in [0.2, 0.25) is 0 Å². The van der Waals surface area contributed by atoms with E-state index < -0.39 is 0 Å². The van der Waals surface area contributed by atoms with E-state index in [0.29, 0.717) is 23.6 Å². The maximum absolute atomic E-state index is 12.5. The molecular formula is C21H26N8O2. The summed E-state index contributed by atoms with van der Waals surface area (Å²) in [6.45, 7) is 0.753. The van der Waals surface area contributed by atoms with Crippen LogP contribution in [0, 0.1) is 0 Å². The maximum Gasteiger partial charge on any atom is 0.320 e. The molecule has 0 radical (unpaired) electrons. The third kappa shape index (κ3) is 6.28. The number of benzene rings is 1. The minimum atomic E-state index is -0.378. The van der Waals surface area contributed by atoms with Gasteiger partial charge in [-0.15, -0.1) is 0 Å². The molecule has 0 fully saturated rings. The Morgan fingerprint density at radius 3 is 2.58 bits per heavy atom. The molecule has 3 aromatic rings. The number of anilines is 3. The van der Waals surface area contributed by atoms with Crippen LogP contribution in [0.4, 0.5) is 22.0 Å². The molecule has 2 heterocycles. The summed E-state index contributed by atoms with van der Waals surface area (Å²) in [5.74, 6) is 0.0627. The van der Waals surface area contributed by atoms with Crippen molar-refractivity contribution in [1.82, 2.24) is 25.4 Å². The number of urea groups is 1. The summed E-state index contributed by atoms with van der Waals surface area (Å²) in [7, 11) is 3.92. The molecule has 10 heteroatoms. The number of carbonyl (C=O) groups is 2. The van der Waals surface area contributed by atoms with Crippen LogP contribution in [0.5, 0.6) is 0 Å². The number of nitrogens with one attached hydrogen (secondary N) is 4. The zero-order valence-corrected chi connectivity index (χ0v) is 17.4. The number of para-hydroxylation sites is 2. The summed E-state index contributed by atoms with van der Waals surface area (Å²) in [6.07, 6.45) is 3.88. The number of pyridine rings is 1. The number of hydrogen-bond donors (Lipinski definition) is 5. The van der Waals surface area contributed by atoms with Gasteiger partial charge in [0.15, 0.2) is 5.82 Å². The molecule has 3 amide bonds. The molecule has 0 spiro atoms. The Hall–Kier alpha value is -3.92. The van der Waals surface area contributed by atoms with Crippen LogP contribution in [0.3, 0.4) is 0 Å². The molecular weight excluding hydrogens is 396 g/mol. The molecule has 3 rings (SSSR count). The molecule has 0 saturated carbocycles. The minimum Gasteiger partial charge on any atom is -0.397 e. The van der Waals surface area contributed by atoms with E-state index in [2.05, 4.69) is 31.1 Å². The van der Waals surface area contributed by atoms with Crippen LogP contribution in [0.25, 0.3) is 0 Å². The van der Waals surface area contributed by atoms with Crippen molar-refractivity contribution in [2.45, 2.75) is 12.5 Å². The lowest BCUT2D eigenvalue weighted by atomic mass is 10.1. The molecule has 0 aliphatic carbocycles. The van der Waals surface area contributed by atoms with Gasteiger partial charge in [-0.1, -0.05) is 18.2 Å². The van der Waals surface area contributed by atoms with Crippen molar-refractivity contribution in [3.63, 3.8) is 0 Å². The first-order valence-corrected chi connectivity index (χ1v) is 9.76. The fourth-order valence-corrected chi connectivity index (χ4v) is 2.89. The summed E-state index contributed by atoms with van der Waals surface area (Å²) in [6, 6.07) is 11.4. The number of H-pyrrole nitrogens is 1. The molecule has 162 valence electrons. The van der Waals surface area contributed by atoms with Gasteiger partial charge < -0.3 is 21.3 Å². The van der Waals surface area contributed by atoms with Crippen LogP contribution in [0.1, 0.15) is 28.5 Å². The first-order chi connectivity index (χ1) is 14.9. The lowest BCUT2D eigenvalue weighted by Crippen LogP contribution is -2.34. The number of aromatic nitrogens is 3. The Morgan fingerprint density at radius 1 is 1.13 bits per heavy atom. The highest BCUT2D eigenvalue weighted by molar-refractivity contribution is 6.04. The number of hydrogen-bond acceptors (Lipinski definition) is 6. The van der Waals surface area contributed by atoms with E-state index in [0.717, 1.165) is 12.1 Å². The van der Waals surface area contributed by atoms with E-state index >= 15 is 0 Å². The number of nitrogens with zero attached hydrogens (tertiary/aromatic N) is 3. The molecule has 0 aliphatic heterocycles. The first kappa shape index (κ1) is 21.8. The molecule has 1 aromatic carbocycles. The second-order valence-electron chi connectivity index (χ2n) is 7.22. The van der Waals surface area contributed by atoms with Crippen molar-refractivity contribution in [1.29, 1.82) is 0 Å². The number of nitrogen functional groups attached to an aromatic ring is 1. The van der Waals surface area contributed by atoms with E-state index in [-0.39, 0.29) is 23.7 Å². The van der Waals surface area contributed by atoms with Crippen molar-refractivity contribution < 1.29 is 9.59 Å². The lowest BCUT2D eigenvalue weighted by molar-refractivity contribution is 0.102. The number of carbonyl (C=O) groups excluding carboxylic acids is 2. The summed E-state index contributed by atoms with van der Waals surface area (Å²) in [5.41, 5.74) is 7.91. The molecule has 1 unspecified atom stereocenters. The molecule has 1 atom stereocenters. The lowest BCUT2D eigenvalue weighted by Gasteiger charge is -2.21. The number of nitrogens with two attached hydrogens (primary N) is 1. The Bertz CT molecular complexity index is 1000. The third-order valence-electron chi connectivity index (χ3n) is 4.54. The van der Waals surface area contributed by atoms with Crippen molar-refractivity contribution in [2.24, 2.45) is 0 Å². The van der Waals surface area contributed by atoms with Gasteiger partial charge in [0.25, 0.3) is 5.91 Å². The zero-order chi connectivity index (χ0) is 22.2. The highest BCUT2D eigenvalue weighted by Crippen LogP contribution is 2.19. The highest BCUT2D eigenvalue weighted by atomic mass is 16.2. The average Bonchev–Trinajstić information content (AvgIpc) is 3.25. The number of amides is 3. The highest BCUT2D eigenvalue weighted by Gasteiger charge is 2.17. The van der Waals surface area contributed by atoms with Crippen LogP contribution < -0.4 is 21.7 Å². The van der Waals surface area contributed by atoms with Crippen LogP contribution in [0.15, 0.2) is 54.9 Å². The average molecular weight is 422 g/mol. The minimum absolute atomic E-state index is 0.249. The van der Waals surface area contributed by atoms with E-state index in [1.807, 2.05) is 19.0 Å². The standard InChI is InChI=1S/C21H26N8O2/c1-29(2)12-10-16(26-21(31)27-19-9-11-24-28-19)14-7-8-18(23-13-14)20(30)25-17-6-4-3-5-15(17)22/h3-9,11,13,16H,10,12,22H2,1-2H3,(H,25,30)(H3,24,26,27,28,31). The topological polar surface area (TPSA) is 141 Å². The fraction of sp³-hybridized carbons (Fsp3) is 0.238. The van der Waals surface area contributed by atoms with Crippen molar-refractivity contribution in [3.05, 3.63) is 66.1 Å². The number of rotatable bonds is 8. The quantitative estimate of drug-likeness (QED) is 0.353. The van der Waals surface area contributed by atoms with Gasteiger partial charge in [0.05, 0.1) is 17.4 Å². The van der Waals surface area contributed by atoms with E-state index in [4.69, 9.17) is 5.73 Å². The van der Waals surface area contributed by atoms with Crippen LogP contribution in [-0.4, -0.2) is 52.7 Å². The van der Waals surface area contributed by atoms with Gasteiger partial charge in [-0.2, -0.15) is 5.10 Å². The molecule has 0 aliphatic rings. The van der Waals surface area contributed by atoms with Crippen LogP contribution in [-0.2, 0) is 0 Å². The molecule has 0 saturated heterocycles. The van der Waals surface area contributed by atoms with E-state index in [1.165, 1.54) is 0 Å². The zero-order valence-electron chi connectivity index (χ0n) is 17.4. The van der Waals surface area contributed by atoms with Gasteiger partial charge in [-0.05, 0) is 50.8 Å². The fourth-order valence-electron chi connectivity index (χ4n) is 2.89. The predicted molar refractivity (Wildman–Crippen MR) is 120 cm³/mol. The Balaban J connectivity index is 1.69. The largest absolute Gasteiger partial charge is 0.397 e. The van der Waals surface area contributed by atoms with E-state index in [9.17, 15) is 9.59 Å². The first-order valence-electron chi connectivity index (χ1n) is 9.76. The Morgan fingerprint density at radius 2 is 1.94 bits per heavy atom. The van der Waals surface area contributed by atoms with Gasteiger partial charge in [0.2, 0.25) is 0 Å². The smallest absolute Gasteiger partial charge is 0.320 e. The van der Waals surface area contributed by atoms with E-state index in [1.54, 1.807) is 54.9 Å². The third-order valence-corrected chi connectivity index (χ3v) is 4.54. The molecule has 10 nitrogen and oxygen atoms in total. The predicted octanol–water partition coefficient (Wildman–Crippen LogP) is 2.45. The van der Waals surface area contributed by atoms with Gasteiger partial charge in [0, 0.05) is 18.5 Å². The van der Waals surface area contributed by atoms with Gasteiger partial charge in [-0.3, -0.25) is 20.2 Å². The second-order valence-corrected chi connectivity index (χ2v) is 7.22. The van der Waals surface area contributed by atoms with Crippen molar-refractivity contribution in [3.8, 4) is 0 Å².